The van der Waals surface area contributed by atoms with Crippen LogP contribution in [0.2, 0.25) is 0 Å². The van der Waals surface area contributed by atoms with Crippen LogP contribution in [-0.2, 0) is 0 Å². The standard InChI is InChI=1S/C14H28O2/c1-14(2,3)10-9-12(15)13(16)11-7-5-4-6-8-11/h11-13,15-16H,4-10H2,1-3H3. The highest BCUT2D eigenvalue weighted by Crippen LogP contribution is 2.30. The summed E-state index contributed by atoms with van der Waals surface area (Å²) in [6.07, 6.45) is 6.58. The maximum atomic E-state index is 10.1. The summed E-state index contributed by atoms with van der Waals surface area (Å²) in [6, 6.07) is 0. The molecule has 0 bridgehead atoms. The predicted octanol–water partition coefficient (Wildman–Crippen LogP) is 3.11. The molecular weight excluding hydrogens is 200 g/mol. The van der Waals surface area contributed by atoms with Crippen molar-refractivity contribution in [3.05, 3.63) is 0 Å². The molecule has 1 aliphatic rings. The summed E-state index contributed by atoms with van der Waals surface area (Å²) in [5, 5.41) is 20.1. The van der Waals surface area contributed by atoms with Gasteiger partial charge in [0.15, 0.2) is 0 Å². The Labute approximate surface area is 100 Å². The highest BCUT2D eigenvalue weighted by molar-refractivity contribution is 4.79. The third kappa shape index (κ3) is 4.84. The normalized spacial score (nSPS) is 23.1. The first-order valence-electron chi connectivity index (χ1n) is 6.76. The molecule has 0 spiro atoms. The van der Waals surface area contributed by atoms with Gasteiger partial charge in [-0.1, -0.05) is 40.0 Å². The molecule has 1 saturated carbocycles. The van der Waals surface area contributed by atoms with Crippen LogP contribution in [0, 0.1) is 11.3 Å². The summed E-state index contributed by atoms with van der Waals surface area (Å²) in [4.78, 5) is 0. The highest BCUT2D eigenvalue weighted by Gasteiger charge is 2.28. The Balaban J connectivity index is 2.31. The number of rotatable bonds is 4. The van der Waals surface area contributed by atoms with E-state index >= 15 is 0 Å². The maximum absolute atomic E-state index is 10.1. The maximum Gasteiger partial charge on any atom is 0.0827 e. The third-order valence-corrected chi connectivity index (χ3v) is 3.72. The zero-order valence-electron chi connectivity index (χ0n) is 11.1. The third-order valence-electron chi connectivity index (χ3n) is 3.72. The van der Waals surface area contributed by atoms with E-state index in [1.807, 2.05) is 0 Å². The smallest absolute Gasteiger partial charge is 0.0827 e. The second kappa shape index (κ2) is 6.02. The highest BCUT2D eigenvalue weighted by atomic mass is 16.3. The fourth-order valence-corrected chi connectivity index (χ4v) is 2.54. The van der Waals surface area contributed by atoms with Gasteiger partial charge in [-0.2, -0.15) is 0 Å². The van der Waals surface area contributed by atoms with Gasteiger partial charge in [0.05, 0.1) is 12.2 Å². The second-order valence-corrected chi connectivity index (χ2v) is 6.56. The van der Waals surface area contributed by atoms with Gasteiger partial charge in [0.2, 0.25) is 0 Å². The molecule has 0 aromatic carbocycles. The summed E-state index contributed by atoms with van der Waals surface area (Å²) in [5.41, 5.74) is 0.243. The van der Waals surface area contributed by atoms with Crippen LogP contribution >= 0.6 is 0 Å². The molecule has 1 fully saturated rings. The van der Waals surface area contributed by atoms with Crippen LogP contribution in [0.15, 0.2) is 0 Å². The van der Waals surface area contributed by atoms with Gasteiger partial charge in [0, 0.05) is 0 Å². The topological polar surface area (TPSA) is 40.5 Å². The monoisotopic (exact) mass is 228 g/mol. The zero-order valence-corrected chi connectivity index (χ0v) is 11.1. The zero-order chi connectivity index (χ0) is 12.2. The van der Waals surface area contributed by atoms with Crippen LogP contribution in [0.4, 0.5) is 0 Å². The molecular formula is C14H28O2. The first kappa shape index (κ1) is 14.0. The molecule has 2 atom stereocenters. The molecule has 0 amide bonds. The van der Waals surface area contributed by atoms with Crippen molar-refractivity contribution in [2.75, 3.05) is 0 Å². The molecule has 0 aliphatic heterocycles. The average Bonchev–Trinajstić information content (AvgIpc) is 2.25. The molecule has 0 radical (unpaired) electrons. The first-order chi connectivity index (χ1) is 7.40. The fraction of sp³-hybridized carbons (Fsp3) is 1.00. The van der Waals surface area contributed by atoms with Crippen molar-refractivity contribution >= 4 is 0 Å². The van der Waals surface area contributed by atoms with Crippen molar-refractivity contribution in [1.29, 1.82) is 0 Å². The summed E-state index contributed by atoms with van der Waals surface area (Å²) in [6.45, 7) is 6.52. The Bertz CT molecular complexity index is 189. The average molecular weight is 228 g/mol. The van der Waals surface area contributed by atoms with Crippen molar-refractivity contribution < 1.29 is 10.2 Å². The van der Waals surface area contributed by atoms with E-state index in [2.05, 4.69) is 20.8 Å². The number of aliphatic hydroxyl groups is 2. The van der Waals surface area contributed by atoms with Crippen molar-refractivity contribution in [3.8, 4) is 0 Å². The van der Waals surface area contributed by atoms with Gasteiger partial charge in [-0.05, 0) is 37.0 Å². The number of hydrogen-bond acceptors (Lipinski definition) is 2. The summed E-state index contributed by atoms with van der Waals surface area (Å²) in [5.74, 6) is 0.337. The van der Waals surface area contributed by atoms with E-state index in [0.717, 1.165) is 25.7 Å². The van der Waals surface area contributed by atoms with E-state index in [9.17, 15) is 10.2 Å². The summed E-state index contributed by atoms with van der Waals surface area (Å²) < 4.78 is 0. The Kier molecular flexibility index (Phi) is 5.26. The molecule has 0 heterocycles. The van der Waals surface area contributed by atoms with Gasteiger partial charge in [0.1, 0.15) is 0 Å². The van der Waals surface area contributed by atoms with Crippen molar-refractivity contribution in [2.24, 2.45) is 11.3 Å². The Morgan fingerprint density at radius 3 is 2.12 bits per heavy atom. The lowest BCUT2D eigenvalue weighted by Gasteiger charge is -2.31. The van der Waals surface area contributed by atoms with Crippen molar-refractivity contribution in [2.45, 2.75) is 77.9 Å². The SMILES string of the molecule is CC(C)(C)CCC(O)C(O)C1CCCCC1. The largest absolute Gasteiger partial charge is 0.390 e. The van der Waals surface area contributed by atoms with E-state index in [1.54, 1.807) is 0 Å². The lowest BCUT2D eigenvalue weighted by atomic mass is 9.81. The van der Waals surface area contributed by atoms with E-state index < -0.39 is 12.2 Å². The Morgan fingerprint density at radius 1 is 1.06 bits per heavy atom. The van der Waals surface area contributed by atoms with Crippen LogP contribution in [0.25, 0.3) is 0 Å². The summed E-state index contributed by atoms with van der Waals surface area (Å²) in [7, 11) is 0. The second-order valence-electron chi connectivity index (χ2n) is 6.56. The molecule has 2 unspecified atom stereocenters. The van der Waals surface area contributed by atoms with Crippen LogP contribution in [-0.4, -0.2) is 22.4 Å². The van der Waals surface area contributed by atoms with E-state index in [0.29, 0.717) is 5.92 Å². The van der Waals surface area contributed by atoms with Gasteiger partial charge in [0.25, 0.3) is 0 Å². The Morgan fingerprint density at radius 2 is 1.62 bits per heavy atom. The van der Waals surface area contributed by atoms with Crippen molar-refractivity contribution in [1.82, 2.24) is 0 Å². The minimum atomic E-state index is -0.526. The predicted molar refractivity (Wildman–Crippen MR) is 67.3 cm³/mol. The van der Waals surface area contributed by atoms with Crippen molar-refractivity contribution in [3.63, 3.8) is 0 Å². The molecule has 0 aromatic heterocycles. The molecule has 0 saturated heterocycles. The molecule has 1 rings (SSSR count). The number of hydrogen-bond donors (Lipinski definition) is 2. The van der Waals surface area contributed by atoms with E-state index in [1.165, 1.54) is 19.3 Å². The van der Waals surface area contributed by atoms with Gasteiger partial charge in [-0.3, -0.25) is 0 Å². The molecule has 0 aromatic rings. The van der Waals surface area contributed by atoms with Gasteiger partial charge < -0.3 is 10.2 Å². The van der Waals surface area contributed by atoms with Gasteiger partial charge in [-0.25, -0.2) is 0 Å². The molecule has 2 heteroatoms. The van der Waals surface area contributed by atoms with Crippen LogP contribution in [0.3, 0.4) is 0 Å². The fourth-order valence-electron chi connectivity index (χ4n) is 2.54. The Hall–Kier alpha value is -0.0800. The van der Waals surface area contributed by atoms with Crippen LogP contribution in [0.5, 0.6) is 0 Å². The van der Waals surface area contributed by atoms with E-state index in [4.69, 9.17) is 0 Å². The van der Waals surface area contributed by atoms with Crippen LogP contribution in [0.1, 0.15) is 65.7 Å². The minimum absolute atomic E-state index is 0.243. The lowest BCUT2D eigenvalue weighted by Crippen LogP contribution is -2.35. The molecule has 16 heavy (non-hydrogen) atoms. The molecule has 96 valence electrons. The van der Waals surface area contributed by atoms with Gasteiger partial charge >= 0.3 is 0 Å². The minimum Gasteiger partial charge on any atom is -0.390 e. The van der Waals surface area contributed by atoms with Gasteiger partial charge in [-0.15, -0.1) is 0 Å². The summed E-state index contributed by atoms with van der Waals surface area (Å²) >= 11 is 0. The quantitative estimate of drug-likeness (QED) is 0.776. The first-order valence-corrected chi connectivity index (χ1v) is 6.76. The molecule has 2 N–H and O–H groups in total. The van der Waals surface area contributed by atoms with Crippen LogP contribution < -0.4 is 0 Å². The molecule has 1 aliphatic carbocycles. The number of aliphatic hydroxyl groups excluding tert-OH is 2. The lowest BCUT2D eigenvalue weighted by molar-refractivity contribution is -0.0345. The molecule has 2 nitrogen and oxygen atoms in total. The van der Waals surface area contributed by atoms with E-state index in [-0.39, 0.29) is 5.41 Å².